The van der Waals surface area contributed by atoms with Gasteiger partial charge in [-0.2, -0.15) is 0 Å². The molecule has 0 radical (unpaired) electrons. The van der Waals surface area contributed by atoms with Crippen molar-refractivity contribution >= 4 is 0 Å². The molecular weight excluding hydrogens is 202 g/mol. The van der Waals surface area contributed by atoms with E-state index in [1.54, 1.807) is 0 Å². The molecule has 1 atom stereocenters. The Bertz CT molecular complexity index is 273. The van der Waals surface area contributed by atoms with Crippen LogP contribution in [0.15, 0.2) is 11.6 Å². The van der Waals surface area contributed by atoms with E-state index in [1.807, 2.05) is 0 Å². The third kappa shape index (κ3) is 2.84. The second-order valence-corrected chi connectivity index (χ2v) is 5.52. The Morgan fingerprint density at radius 2 is 2.31 bits per heavy atom. The van der Waals surface area contributed by atoms with Crippen molar-refractivity contribution in [2.45, 2.75) is 38.8 Å². The third-order valence-electron chi connectivity index (χ3n) is 3.43. The summed E-state index contributed by atoms with van der Waals surface area (Å²) in [5.74, 6) is 0. The van der Waals surface area contributed by atoms with E-state index in [0.29, 0.717) is 6.10 Å². The number of hydrogen-bond donors (Lipinski definition) is 0. The fourth-order valence-electron chi connectivity index (χ4n) is 2.29. The molecule has 2 aliphatic heterocycles. The summed E-state index contributed by atoms with van der Waals surface area (Å²) >= 11 is 0. The smallest absolute Gasteiger partial charge is 0.0689 e. The quantitative estimate of drug-likeness (QED) is 0.669. The Morgan fingerprint density at radius 1 is 1.50 bits per heavy atom. The first-order valence-electron chi connectivity index (χ1n) is 6.20. The summed E-state index contributed by atoms with van der Waals surface area (Å²) in [5, 5.41) is 0. The van der Waals surface area contributed by atoms with Gasteiger partial charge in [0.25, 0.3) is 0 Å². The summed E-state index contributed by atoms with van der Waals surface area (Å²) in [7, 11) is 0. The maximum Gasteiger partial charge on any atom is 0.0689 e. The molecule has 0 bridgehead atoms. The Hall–Kier alpha value is -0.380. The van der Waals surface area contributed by atoms with Crippen LogP contribution < -0.4 is 0 Å². The zero-order valence-corrected chi connectivity index (χ0v) is 10.7. The minimum absolute atomic E-state index is 0.144. The van der Waals surface area contributed by atoms with E-state index < -0.39 is 0 Å². The second-order valence-electron chi connectivity index (χ2n) is 5.52. The summed E-state index contributed by atoms with van der Waals surface area (Å²) in [6.45, 7) is 11.2. The van der Waals surface area contributed by atoms with Gasteiger partial charge in [-0.25, -0.2) is 0 Å². The number of nitrogens with zero attached hydrogens (tertiary/aromatic N) is 1. The third-order valence-corrected chi connectivity index (χ3v) is 3.43. The summed E-state index contributed by atoms with van der Waals surface area (Å²) < 4.78 is 11.2. The predicted molar refractivity (Wildman–Crippen MR) is 64.6 cm³/mol. The highest BCUT2D eigenvalue weighted by Crippen LogP contribution is 2.23. The van der Waals surface area contributed by atoms with Crippen molar-refractivity contribution in [1.82, 2.24) is 4.90 Å². The molecule has 0 N–H and O–H groups in total. The zero-order chi connectivity index (χ0) is 11.6. The van der Waals surface area contributed by atoms with Crippen LogP contribution in [0.5, 0.6) is 0 Å². The molecule has 1 fully saturated rings. The molecular formula is C13H23NO2. The molecule has 2 aliphatic rings. The van der Waals surface area contributed by atoms with E-state index in [9.17, 15) is 0 Å². The molecule has 3 heteroatoms. The SMILES string of the molecule is C[C@@H]1CN(CC2=CCCOC2)C(C)(C)CO1. The van der Waals surface area contributed by atoms with Gasteiger partial charge in [0.15, 0.2) is 0 Å². The van der Waals surface area contributed by atoms with Gasteiger partial charge in [-0.1, -0.05) is 6.08 Å². The second kappa shape index (κ2) is 4.86. The predicted octanol–water partition coefficient (Wildman–Crippen LogP) is 1.83. The van der Waals surface area contributed by atoms with Crippen LogP contribution in [0.3, 0.4) is 0 Å². The highest BCUT2D eigenvalue weighted by Gasteiger charge is 2.33. The molecule has 2 rings (SSSR count). The molecule has 3 nitrogen and oxygen atoms in total. The topological polar surface area (TPSA) is 21.7 Å². The molecule has 1 saturated heterocycles. The van der Waals surface area contributed by atoms with E-state index in [2.05, 4.69) is 31.7 Å². The minimum Gasteiger partial charge on any atom is -0.377 e. The molecule has 0 aliphatic carbocycles. The minimum atomic E-state index is 0.144. The van der Waals surface area contributed by atoms with Crippen LogP contribution >= 0.6 is 0 Å². The van der Waals surface area contributed by atoms with Crippen LogP contribution in [0.2, 0.25) is 0 Å². The molecule has 0 unspecified atom stereocenters. The van der Waals surface area contributed by atoms with Crippen molar-refractivity contribution in [3.05, 3.63) is 11.6 Å². The maximum atomic E-state index is 5.72. The van der Waals surface area contributed by atoms with Crippen molar-refractivity contribution in [1.29, 1.82) is 0 Å². The van der Waals surface area contributed by atoms with Gasteiger partial charge >= 0.3 is 0 Å². The summed E-state index contributed by atoms with van der Waals surface area (Å²) in [6.07, 6.45) is 3.74. The fourth-order valence-corrected chi connectivity index (χ4v) is 2.29. The van der Waals surface area contributed by atoms with Crippen molar-refractivity contribution in [2.75, 3.05) is 32.9 Å². The zero-order valence-electron chi connectivity index (χ0n) is 10.7. The van der Waals surface area contributed by atoms with Crippen LogP contribution in [-0.4, -0.2) is 49.5 Å². The lowest BCUT2D eigenvalue weighted by atomic mass is 9.99. The molecule has 92 valence electrons. The summed E-state index contributed by atoms with van der Waals surface area (Å²) in [6, 6.07) is 0. The molecule has 0 aromatic heterocycles. The van der Waals surface area contributed by atoms with Crippen LogP contribution in [0, 0.1) is 0 Å². The molecule has 0 amide bonds. The van der Waals surface area contributed by atoms with Crippen molar-refractivity contribution in [3.63, 3.8) is 0 Å². The summed E-state index contributed by atoms with van der Waals surface area (Å²) in [4.78, 5) is 2.52. The Balaban J connectivity index is 1.98. The van der Waals surface area contributed by atoms with E-state index in [-0.39, 0.29) is 5.54 Å². The van der Waals surface area contributed by atoms with Crippen LogP contribution in [-0.2, 0) is 9.47 Å². The monoisotopic (exact) mass is 225 g/mol. The lowest BCUT2D eigenvalue weighted by molar-refractivity contribution is -0.0885. The fraction of sp³-hybridized carbons (Fsp3) is 0.846. The average Bonchev–Trinajstić information content (AvgIpc) is 2.26. The number of hydrogen-bond acceptors (Lipinski definition) is 3. The van der Waals surface area contributed by atoms with Gasteiger partial charge < -0.3 is 9.47 Å². The Morgan fingerprint density at radius 3 is 3.00 bits per heavy atom. The maximum absolute atomic E-state index is 5.72. The average molecular weight is 225 g/mol. The highest BCUT2D eigenvalue weighted by atomic mass is 16.5. The van der Waals surface area contributed by atoms with Crippen LogP contribution in [0.25, 0.3) is 0 Å². The molecule has 2 heterocycles. The van der Waals surface area contributed by atoms with Gasteiger partial charge in [-0.05, 0) is 32.8 Å². The molecule has 0 spiro atoms. The van der Waals surface area contributed by atoms with Gasteiger partial charge in [-0.15, -0.1) is 0 Å². The number of rotatable bonds is 2. The largest absolute Gasteiger partial charge is 0.377 e. The molecule has 0 aromatic rings. The first kappa shape index (κ1) is 12.1. The van der Waals surface area contributed by atoms with Crippen LogP contribution in [0.4, 0.5) is 0 Å². The standard InChI is InChI=1S/C13H23NO2/c1-11-7-14(13(2,3)10-16-11)8-12-5-4-6-15-9-12/h5,11H,4,6-10H2,1-3H3/t11-/m1/s1. The van der Waals surface area contributed by atoms with Gasteiger partial charge in [0, 0.05) is 18.6 Å². The lowest BCUT2D eigenvalue weighted by Gasteiger charge is -2.45. The van der Waals surface area contributed by atoms with Gasteiger partial charge in [0.05, 0.1) is 25.9 Å². The van der Waals surface area contributed by atoms with Crippen LogP contribution in [0.1, 0.15) is 27.2 Å². The lowest BCUT2D eigenvalue weighted by Crippen LogP contribution is -2.56. The van der Waals surface area contributed by atoms with E-state index in [4.69, 9.17) is 9.47 Å². The Labute approximate surface area is 98.4 Å². The molecule has 16 heavy (non-hydrogen) atoms. The Kier molecular flexibility index (Phi) is 3.67. The molecule has 0 saturated carbocycles. The van der Waals surface area contributed by atoms with Crippen molar-refractivity contribution in [2.24, 2.45) is 0 Å². The van der Waals surface area contributed by atoms with E-state index in [0.717, 1.165) is 39.3 Å². The normalized spacial score (nSPS) is 31.2. The number of morpholine rings is 1. The molecule has 0 aromatic carbocycles. The van der Waals surface area contributed by atoms with E-state index in [1.165, 1.54) is 5.57 Å². The number of ether oxygens (including phenoxy) is 2. The first-order valence-corrected chi connectivity index (χ1v) is 6.20. The first-order chi connectivity index (χ1) is 7.58. The van der Waals surface area contributed by atoms with Crippen molar-refractivity contribution < 1.29 is 9.47 Å². The highest BCUT2D eigenvalue weighted by molar-refractivity contribution is 5.09. The van der Waals surface area contributed by atoms with Crippen molar-refractivity contribution in [3.8, 4) is 0 Å². The van der Waals surface area contributed by atoms with Gasteiger partial charge in [0.2, 0.25) is 0 Å². The van der Waals surface area contributed by atoms with Gasteiger partial charge in [0.1, 0.15) is 0 Å². The van der Waals surface area contributed by atoms with Gasteiger partial charge in [-0.3, -0.25) is 4.90 Å². The summed E-state index contributed by atoms with van der Waals surface area (Å²) in [5.41, 5.74) is 1.57. The van der Waals surface area contributed by atoms with E-state index >= 15 is 0 Å².